The van der Waals surface area contributed by atoms with Gasteiger partial charge in [-0.15, -0.1) is 12.6 Å². The van der Waals surface area contributed by atoms with Crippen molar-refractivity contribution in [3.63, 3.8) is 0 Å². The summed E-state index contributed by atoms with van der Waals surface area (Å²) in [5.74, 6) is 0. The summed E-state index contributed by atoms with van der Waals surface area (Å²) in [4.78, 5) is 1.07. The van der Waals surface area contributed by atoms with Crippen LogP contribution in [0, 0.1) is 0 Å². The lowest BCUT2D eigenvalue weighted by Gasteiger charge is -2.35. The zero-order chi connectivity index (χ0) is 33.3. The molecule has 1 heteroatoms. The smallest absolute Gasteiger partial charge is 0.0198 e. The predicted octanol–water partition coefficient (Wildman–Crippen LogP) is 13.1. The summed E-state index contributed by atoms with van der Waals surface area (Å²) in [7, 11) is 0. The zero-order valence-electron chi connectivity index (χ0n) is 31.0. The molecule has 0 atom stereocenters. The predicted molar refractivity (Wildman–Crippen MR) is 197 cm³/mol. The second-order valence-corrected chi connectivity index (χ2v) is 19.5. The van der Waals surface area contributed by atoms with E-state index in [9.17, 15) is 0 Å². The van der Waals surface area contributed by atoms with Gasteiger partial charge in [0.2, 0.25) is 0 Å². The van der Waals surface area contributed by atoms with Crippen LogP contribution in [0.25, 0.3) is 22.3 Å². The molecule has 0 aliphatic rings. The van der Waals surface area contributed by atoms with Gasteiger partial charge in [0.15, 0.2) is 0 Å². The summed E-state index contributed by atoms with van der Waals surface area (Å²) >= 11 is 5.47. The van der Waals surface area contributed by atoms with Gasteiger partial charge in [0, 0.05) is 4.90 Å². The molecule has 0 aliphatic heterocycles. The molecule has 0 spiro atoms. The monoisotopic (exact) mass is 598 g/mol. The average molecular weight is 599 g/mol. The minimum Gasteiger partial charge on any atom is -0.142 e. The molecule has 0 radical (unpaired) electrons. The highest BCUT2D eigenvalue weighted by atomic mass is 32.1. The zero-order valence-corrected chi connectivity index (χ0v) is 31.9. The van der Waals surface area contributed by atoms with Crippen molar-refractivity contribution in [1.82, 2.24) is 0 Å². The summed E-state index contributed by atoms with van der Waals surface area (Å²) in [6.07, 6.45) is 0. The van der Waals surface area contributed by atoms with Crippen molar-refractivity contribution in [1.29, 1.82) is 0 Å². The van der Waals surface area contributed by atoms with E-state index in [1.807, 2.05) is 0 Å². The topological polar surface area (TPSA) is 0 Å². The minimum absolute atomic E-state index is 0.0334. The first-order valence-corrected chi connectivity index (χ1v) is 16.7. The van der Waals surface area contributed by atoms with E-state index in [1.54, 1.807) is 0 Å². The minimum atomic E-state index is -0.0334. The van der Waals surface area contributed by atoms with Gasteiger partial charge in [-0.05, 0) is 88.1 Å². The lowest BCUT2D eigenvalue weighted by Crippen LogP contribution is -2.23. The fourth-order valence-electron chi connectivity index (χ4n) is 6.04. The molecule has 0 N–H and O–H groups in total. The summed E-state index contributed by atoms with van der Waals surface area (Å²) in [5, 5.41) is 0. The molecular formula is C42H62S. The van der Waals surface area contributed by atoms with Crippen molar-refractivity contribution < 1.29 is 0 Å². The largest absolute Gasteiger partial charge is 0.142 e. The first-order chi connectivity index (χ1) is 19.1. The van der Waals surface area contributed by atoms with Crippen molar-refractivity contribution in [2.24, 2.45) is 0 Å². The van der Waals surface area contributed by atoms with Crippen LogP contribution in [0.3, 0.4) is 0 Å². The van der Waals surface area contributed by atoms with Gasteiger partial charge in [-0.25, -0.2) is 0 Å². The van der Waals surface area contributed by atoms with Crippen LogP contribution in [-0.2, 0) is 32.5 Å². The maximum Gasteiger partial charge on any atom is 0.0198 e. The van der Waals surface area contributed by atoms with Gasteiger partial charge in [-0.1, -0.05) is 167 Å². The highest BCUT2D eigenvalue weighted by Crippen LogP contribution is 2.50. The molecule has 0 fully saturated rings. The fraction of sp³-hybridized carbons (Fsp3) is 0.571. The van der Waals surface area contributed by atoms with E-state index in [4.69, 9.17) is 12.6 Å². The summed E-state index contributed by atoms with van der Waals surface area (Å²) < 4.78 is 0. The number of thiol groups is 1. The number of benzene rings is 3. The Kier molecular flexibility index (Phi) is 9.17. The highest BCUT2D eigenvalue weighted by molar-refractivity contribution is 7.80. The number of hydrogen-bond acceptors (Lipinski definition) is 1. The molecule has 3 aromatic carbocycles. The quantitative estimate of drug-likeness (QED) is 0.279. The molecule has 0 aromatic heterocycles. The van der Waals surface area contributed by atoms with Crippen LogP contribution in [0.5, 0.6) is 0 Å². The molecule has 0 saturated carbocycles. The van der Waals surface area contributed by atoms with Gasteiger partial charge in [-0.3, -0.25) is 0 Å². The third-order valence-electron chi connectivity index (χ3n) is 8.82. The SMILES string of the molecule is CC(C)(C)c1cc(C(C)(C)C)c(-c2cccc(-c3c(C(C)(C)C)cc(C(C)(C)C)cc3C(C)(C)C)c2S)c(C(C)(C)C)c1. The van der Waals surface area contributed by atoms with E-state index in [-0.39, 0.29) is 32.5 Å². The second kappa shape index (κ2) is 11.1. The lowest BCUT2D eigenvalue weighted by atomic mass is 9.69. The maximum absolute atomic E-state index is 5.47. The van der Waals surface area contributed by atoms with Crippen molar-refractivity contribution >= 4 is 12.6 Å². The Morgan fingerprint density at radius 1 is 0.372 bits per heavy atom. The van der Waals surface area contributed by atoms with E-state index >= 15 is 0 Å². The Morgan fingerprint density at radius 2 is 0.605 bits per heavy atom. The molecule has 0 bridgehead atoms. The second-order valence-electron chi connectivity index (χ2n) is 19.1. The van der Waals surface area contributed by atoms with E-state index in [0.29, 0.717) is 0 Å². The Balaban J connectivity index is 2.61. The first-order valence-electron chi connectivity index (χ1n) is 16.3. The Morgan fingerprint density at radius 3 is 0.791 bits per heavy atom. The first kappa shape index (κ1) is 35.5. The Hall–Kier alpha value is -1.99. The summed E-state index contributed by atoms with van der Waals surface area (Å²) in [6, 6.07) is 16.8. The molecule has 0 unspecified atom stereocenters. The van der Waals surface area contributed by atoms with Crippen LogP contribution in [-0.4, -0.2) is 0 Å². The molecule has 0 nitrogen and oxygen atoms in total. The number of hydrogen-bond donors (Lipinski definition) is 1. The van der Waals surface area contributed by atoms with E-state index in [2.05, 4.69) is 167 Å². The molecule has 236 valence electrons. The fourth-order valence-corrected chi connectivity index (χ4v) is 6.42. The van der Waals surface area contributed by atoms with Crippen LogP contribution >= 0.6 is 12.6 Å². The molecule has 3 aromatic rings. The van der Waals surface area contributed by atoms with Crippen molar-refractivity contribution in [2.75, 3.05) is 0 Å². The Labute approximate surface area is 271 Å². The maximum atomic E-state index is 5.47. The lowest BCUT2D eigenvalue weighted by molar-refractivity contribution is 0.550. The molecule has 0 amide bonds. The van der Waals surface area contributed by atoms with Crippen molar-refractivity contribution in [2.45, 2.75) is 162 Å². The number of rotatable bonds is 2. The van der Waals surface area contributed by atoms with Crippen LogP contribution in [0.2, 0.25) is 0 Å². The van der Waals surface area contributed by atoms with Crippen LogP contribution in [0.15, 0.2) is 47.4 Å². The van der Waals surface area contributed by atoms with E-state index in [0.717, 1.165) is 4.90 Å². The summed E-state index contributed by atoms with van der Waals surface area (Å²) in [6.45, 7) is 42.2. The molecule has 0 saturated heterocycles. The van der Waals surface area contributed by atoms with Crippen molar-refractivity contribution in [3.8, 4) is 22.3 Å². The van der Waals surface area contributed by atoms with Crippen molar-refractivity contribution in [3.05, 3.63) is 75.8 Å². The van der Waals surface area contributed by atoms with Gasteiger partial charge in [0.05, 0.1) is 0 Å². The van der Waals surface area contributed by atoms with Gasteiger partial charge in [0.25, 0.3) is 0 Å². The van der Waals surface area contributed by atoms with Crippen LogP contribution < -0.4 is 0 Å². The molecule has 3 rings (SSSR count). The molecule has 43 heavy (non-hydrogen) atoms. The standard InChI is InChI=1S/C42H62S/c1-37(2,3)26-22-30(39(7,8)9)34(31(23-26)40(10,11)12)28-20-19-21-29(36(28)43)35-32(41(13,14)15)24-27(38(4,5)6)25-33(35)42(16,17)18/h19-25,43H,1-18H3. The normalized spacial score (nSPS) is 13.9. The molecular weight excluding hydrogens is 537 g/mol. The average Bonchev–Trinajstić information content (AvgIpc) is 2.79. The third kappa shape index (κ3) is 7.46. The van der Waals surface area contributed by atoms with Crippen LogP contribution in [0.4, 0.5) is 0 Å². The molecule has 0 aliphatic carbocycles. The van der Waals surface area contributed by atoms with Gasteiger partial charge >= 0.3 is 0 Å². The van der Waals surface area contributed by atoms with Gasteiger partial charge < -0.3 is 0 Å². The third-order valence-corrected chi connectivity index (χ3v) is 9.30. The Bertz CT molecular complexity index is 1310. The summed E-state index contributed by atoms with van der Waals surface area (Å²) in [5.41, 5.74) is 13.5. The van der Waals surface area contributed by atoms with Gasteiger partial charge in [0.1, 0.15) is 0 Å². The van der Waals surface area contributed by atoms with Crippen LogP contribution in [0.1, 0.15) is 158 Å². The van der Waals surface area contributed by atoms with Gasteiger partial charge in [-0.2, -0.15) is 0 Å². The molecule has 0 heterocycles. The van der Waals surface area contributed by atoms with E-state index < -0.39 is 0 Å². The van der Waals surface area contributed by atoms with E-state index in [1.165, 1.54) is 55.6 Å². The highest BCUT2D eigenvalue weighted by Gasteiger charge is 2.33.